The summed E-state index contributed by atoms with van der Waals surface area (Å²) in [7, 11) is 0. The Morgan fingerprint density at radius 1 is 1.18 bits per heavy atom. The van der Waals surface area contributed by atoms with E-state index in [4.69, 9.17) is 14.2 Å². The maximum atomic E-state index is 10.6. The average Bonchev–Trinajstić information content (AvgIpc) is 2.40. The minimum atomic E-state index is -0.380. The summed E-state index contributed by atoms with van der Waals surface area (Å²) in [6.07, 6.45) is 3.11. The van der Waals surface area contributed by atoms with Gasteiger partial charge < -0.3 is 19.3 Å². The number of hydrogen-bond donors (Lipinski definition) is 1. The molecule has 0 aromatic carbocycles. The van der Waals surface area contributed by atoms with Crippen LogP contribution in [0.5, 0.6) is 0 Å². The van der Waals surface area contributed by atoms with E-state index in [1.54, 1.807) is 0 Å². The van der Waals surface area contributed by atoms with Crippen LogP contribution in [-0.2, 0) is 14.2 Å². The van der Waals surface area contributed by atoms with Gasteiger partial charge in [0.15, 0.2) is 0 Å². The molecule has 0 bridgehead atoms. The van der Waals surface area contributed by atoms with Gasteiger partial charge in [0.05, 0.1) is 11.7 Å². The van der Waals surface area contributed by atoms with Crippen molar-refractivity contribution in [2.75, 3.05) is 33.0 Å². The fourth-order valence-corrected chi connectivity index (χ4v) is 2.99. The summed E-state index contributed by atoms with van der Waals surface area (Å²) in [4.78, 5) is 0. The Kier molecular flexibility index (Phi) is 4.79. The predicted octanol–water partition coefficient (Wildman–Crippen LogP) is 1.36. The van der Waals surface area contributed by atoms with Gasteiger partial charge in [0.2, 0.25) is 0 Å². The van der Waals surface area contributed by atoms with E-state index in [9.17, 15) is 5.11 Å². The van der Waals surface area contributed by atoms with Crippen LogP contribution in [0.25, 0.3) is 0 Å². The Bertz CT molecular complexity index is 214. The van der Waals surface area contributed by atoms with Crippen LogP contribution >= 0.6 is 0 Å². The molecule has 0 aromatic heterocycles. The lowest BCUT2D eigenvalue weighted by molar-refractivity contribution is -0.186. The molecule has 2 fully saturated rings. The first-order valence-corrected chi connectivity index (χ1v) is 6.76. The molecule has 0 radical (unpaired) electrons. The molecule has 4 nitrogen and oxygen atoms in total. The summed E-state index contributed by atoms with van der Waals surface area (Å²) in [5.41, 5.74) is -0.380. The summed E-state index contributed by atoms with van der Waals surface area (Å²) in [5, 5.41) is 10.6. The second-order valence-electron chi connectivity index (χ2n) is 5.00. The molecule has 1 unspecified atom stereocenters. The molecule has 1 atom stereocenters. The zero-order chi connectivity index (χ0) is 12.1. The normalized spacial score (nSPS) is 27.9. The highest BCUT2D eigenvalue weighted by atomic mass is 16.5. The standard InChI is InChI=1S/C13H24O4/c1-2-17-13(5-9-16-10-6-13)12(14)11-3-7-15-8-4-11/h11-12,14H,2-10H2,1H3. The van der Waals surface area contributed by atoms with Gasteiger partial charge in [-0.25, -0.2) is 0 Å². The molecular weight excluding hydrogens is 220 g/mol. The fraction of sp³-hybridized carbons (Fsp3) is 1.00. The topological polar surface area (TPSA) is 47.9 Å². The number of aliphatic hydroxyl groups is 1. The van der Waals surface area contributed by atoms with E-state index in [1.165, 1.54) is 0 Å². The van der Waals surface area contributed by atoms with Crippen LogP contribution in [-0.4, -0.2) is 49.8 Å². The first kappa shape index (κ1) is 13.3. The van der Waals surface area contributed by atoms with Gasteiger partial charge >= 0.3 is 0 Å². The van der Waals surface area contributed by atoms with Gasteiger partial charge in [-0.05, 0) is 25.7 Å². The van der Waals surface area contributed by atoms with Crippen LogP contribution in [0, 0.1) is 5.92 Å². The average molecular weight is 244 g/mol. The van der Waals surface area contributed by atoms with Crippen LogP contribution < -0.4 is 0 Å². The third kappa shape index (κ3) is 2.99. The molecule has 2 heterocycles. The smallest absolute Gasteiger partial charge is 0.0986 e. The first-order chi connectivity index (χ1) is 8.28. The van der Waals surface area contributed by atoms with E-state index >= 15 is 0 Å². The van der Waals surface area contributed by atoms with E-state index < -0.39 is 0 Å². The third-order valence-corrected chi connectivity index (χ3v) is 4.02. The zero-order valence-electron chi connectivity index (χ0n) is 10.7. The monoisotopic (exact) mass is 244 g/mol. The molecule has 1 N–H and O–H groups in total. The quantitative estimate of drug-likeness (QED) is 0.811. The van der Waals surface area contributed by atoms with Crippen molar-refractivity contribution < 1.29 is 19.3 Å². The number of rotatable bonds is 4. The lowest BCUT2D eigenvalue weighted by Crippen LogP contribution is -2.53. The summed E-state index contributed by atoms with van der Waals surface area (Å²) in [6, 6.07) is 0. The second kappa shape index (κ2) is 6.14. The van der Waals surface area contributed by atoms with Crippen molar-refractivity contribution in [2.24, 2.45) is 5.92 Å². The molecule has 0 spiro atoms. The van der Waals surface area contributed by atoms with Crippen LogP contribution in [0.15, 0.2) is 0 Å². The van der Waals surface area contributed by atoms with Gasteiger partial charge in [0.1, 0.15) is 0 Å². The van der Waals surface area contributed by atoms with Crippen molar-refractivity contribution in [3.63, 3.8) is 0 Å². The molecule has 0 amide bonds. The highest BCUT2D eigenvalue weighted by molar-refractivity contribution is 4.94. The summed E-state index contributed by atoms with van der Waals surface area (Å²) in [5.74, 6) is 0.313. The molecular formula is C13H24O4. The van der Waals surface area contributed by atoms with Crippen LogP contribution in [0.2, 0.25) is 0 Å². The highest BCUT2D eigenvalue weighted by Gasteiger charge is 2.44. The Morgan fingerprint density at radius 3 is 2.35 bits per heavy atom. The molecule has 17 heavy (non-hydrogen) atoms. The molecule has 100 valence electrons. The van der Waals surface area contributed by atoms with Gasteiger partial charge in [-0.2, -0.15) is 0 Å². The molecule has 2 rings (SSSR count). The second-order valence-corrected chi connectivity index (χ2v) is 5.00. The summed E-state index contributed by atoms with van der Waals surface area (Å²) in [6.45, 7) is 5.57. The molecule has 2 aliphatic rings. The number of aliphatic hydroxyl groups excluding tert-OH is 1. The summed E-state index contributed by atoms with van der Waals surface area (Å²) >= 11 is 0. The van der Waals surface area contributed by atoms with E-state index in [0.717, 1.165) is 38.9 Å². The van der Waals surface area contributed by atoms with Crippen molar-refractivity contribution in [1.82, 2.24) is 0 Å². The molecule has 4 heteroatoms. The Hall–Kier alpha value is -0.160. The van der Waals surface area contributed by atoms with E-state index in [1.807, 2.05) is 6.92 Å². The summed E-state index contributed by atoms with van der Waals surface area (Å²) < 4.78 is 16.7. The number of ether oxygens (including phenoxy) is 3. The first-order valence-electron chi connectivity index (χ1n) is 6.76. The van der Waals surface area contributed by atoms with Crippen molar-refractivity contribution in [3.8, 4) is 0 Å². The molecule has 2 saturated heterocycles. The number of hydrogen-bond acceptors (Lipinski definition) is 4. The van der Waals surface area contributed by atoms with E-state index in [-0.39, 0.29) is 11.7 Å². The molecule has 2 aliphatic heterocycles. The Balaban J connectivity index is 2.02. The van der Waals surface area contributed by atoms with Crippen LogP contribution in [0.1, 0.15) is 32.6 Å². The maximum absolute atomic E-state index is 10.6. The molecule has 0 saturated carbocycles. The van der Waals surface area contributed by atoms with Gasteiger partial charge in [-0.3, -0.25) is 0 Å². The fourth-order valence-electron chi connectivity index (χ4n) is 2.99. The predicted molar refractivity (Wildman–Crippen MR) is 64.0 cm³/mol. The maximum Gasteiger partial charge on any atom is 0.0986 e. The minimum Gasteiger partial charge on any atom is -0.390 e. The molecule has 0 aliphatic carbocycles. The Labute approximate surface area is 103 Å². The Morgan fingerprint density at radius 2 is 1.76 bits per heavy atom. The van der Waals surface area contributed by atoms with E-state index in [2.05, 4.69) is 0 Å². The lowest BCUT2D eigenvalue weighted by Gasteiger charge is -2.44. The largest absolute Gasteiger partial charge is 0.390 e. The SMILES string of the molecule is CCOC1(C(O)C2CCOCC2)CCOCC1. The van der Waals surface area contributed by atoms with Crippen molar-refractivity contribution >= 4 is 0 Å². The van der Waals surface area contributed by atoms with Gasteiger partial charge in [0, 0.05) is 45.9 Å². The molecule has 0 aromatic rings. The van der Waals surface area contributed by atoms with Crippen molar-refractivity contribution in [3.05, 3.63) is 0 Å². The minimum absolute atomic E-state index is 0.313. The van der Waals surface area contributed by atoms with E-state index in [0.29, 0.717) is 25.7 Å². The van der Waals surface area contributed by atoms with Crippen molar-refractivity contribution in [2.45, 2.75) is 44.3 Å². The highest BCUT2D eigenvalue weighted by Crippen LogP contribution is 2.35. The lowest BCUT2D eigenvalue weighted by atomic mass is 9.78. The van der Waals surface area contributed by atoms with Gasteiger partial charge in [0.25, 0.3) is 0 Å². The third-order valence-electron chi connectivity index (χ3n) is 4.02. The van der Waals surface area contributed by atoms with Crippen molar-refractivity contribution in [1.29, 1.82) is 0 Å². The van der Waals surface area contributed by atoms with Gasteiger partial charge in [-0.1, -0.05) is 0 Å². The van der Waals surface area contributed by atoms with Gasteiger partial charge in [-0.15, -0.1) is 0 Å². The van der Waals surface area contributed by atoms with Crippen LogP contribution in [0.3, 0.4) is 0 Å². The zero-order valence-corrected chi connectivity index (χ0v) is 10.7. The van der Waals surface area contributed by atoms with Crippen LogP contribution in [0.4, 0.5) is 0 Å².